The van der Waals surface area contributed by atoms with Crippen LogP contribution in [-0.4, -0.2) is 4.98 Å². The summed E-state index contributed by atoms with van der Waals surface area (Å²) in [5.74, 6) is 0. The van der Waals surface area contributed by atoms with E-state index in [-0.39, 0.29) is 0 Å². The lowest BCUT2D eigenvalue weighted by Crippen LogP contribution is -1.89. The SMILES string of the molecule is C=CCCc1cccc(C)n1. The molecule has 1 aromatic rings. The van der Waals surface area contributed by atoms with Gasteiger partial charge in [0.05, 0.1) is 0 Å². The van der Waals surface area contributed by atoms with Crippen LogP contribution in [0.4, 0.5) is 0 Å². The van der Waals surface area contributed by atoms with Crippen LogP contribution in [0.15, 0.2) is 30.9 Å². The van der Waals surface area contributed by atoms with Gasteiger partial charge in [0.15, 0.2) is 0 Å². The third-order valence-electron chi connectivity index (χ3n) is 1.55. The van der Waals surface area contributed by atoms with Crippen LogP contribution in [-0.2, 0) is 6.42 Å². The second-order valence-electron chi connectivity index (χ2n) is 2.60. The van der Waals surface area contributed by atoms with Gasteiger partial charge in [0, 0.05) is 11.4 Å². The molecule has 0 aliphatic carbocycles. The molecular formula is C10H13N. The van der Waals surface area contributed by atoms with E-state index in [1.807, 2.05) is 25.1 Å². The third kappa shape index (κ3) is 2.54. The zero-order valence-corrected chi connectivity index (χ0v) is 6.88. The minimum absolute atomic E-state index is 1.01. The predicted molar refractivity (Wildman–Crippen MR) is 47.5 cm³/mol. The Bertz CT molecular complexity index is 240. The molecule has 0 bridgehead atoms. The van der Waals surface area contributed by atoms with E-state index in [0.29, 0.717) is 0 Å². The zero-order chi connectivity index (χ0) is 8.10. The van der Waals surface area contributed by atoms with Gasteiger partial charge in [-0.1, -0.05) is 12.1 Å². The van der Waals surface area contributed by atoms with Crippen LogP contribution < -0.4 is 0 Å². The Balaban J connectivity index is 2.63. The lowest BCUT2D eigenvalue weighted by molar-refractivity contribution is 0.931. The second-order valence-corrected chi connectivity index (χ2v) is 2.60. The quantitative estimate of drug-likeness (QED) is 0.598. The maximum atomic E-state index is 4.36. The minimum Gasteiger partial charge on any atom is -0.258 e. The summed E-state index contributed by atoms with van der Waals surface area (Å²) in [7, 11) is 0. The van der Waals surface area contributed by atoms with E-state index in [1.54, 1.807) is 0 Å². The van der Waals surface area contributed by atoms with E-state index in [0.717, 1.165) is 24.2 Å². The van der Waals surface area contributed by atoms with Crippen molar-refractivity contribution in [1.82, 2.24) is 4.98 Å². The van der Waals surface area contributed by atoms with E-state index < -0.39 is 0 Å². The molecule has 0 atom stereocenters. The molecule has 0 saturated heterocycles. The van der Waals surface area contributed by atoms with E-state index in [9.17, 15) is 0 Å². The molecule has 1 aromatic heterocycles. The van der Waals surface area contributed by atoms with E-state index in [1.165, 1.54) is 0 Å². The van der Waals surface area contributed by atoms with Gasteiger partial charge in [-0.15, -0.1) is 6.58 Å². The van der Waals surface area contributed by atoms with Crippen molar-refractivity contribution >= 4 is 0 Å². The molecule has 58 valence electrons. The summed E-state index contributed by atoms with van der Waals surface area (Å²) in [6, 6.07) is 6.11. The summed E-state index contributed by atoms with van der Waals surface area (Å²) in [4.78, 5) is 4.36. The fraction of sp³-hybridized carbons (Fsp3) is 0.300. The van der Waals surface area contributed by atoms with Crippen molar-refractivity contribution in [3.05, 3.63) is 42.2 Å². The molecule has 0 amide bonds. The maximum Gasteiger partial charge on any atom is 0.0409 e. The van der Waals surface area contributed by atoms with Gasteiger partial charge < -0.3 is 0 Å². The molecule has 0 N–H and O–H groups in total. The molecule has 0 aliphatic heterocycles. The van der Waals surface area contributed by atoms with Crippen molar-refractivity contribution in [2.75, 3.05) is 0 Å². The summed E-state index contributed by atoms with van der Waals surface area (Å²) in [5.41, 5.74) is 2.25. The normalized spacial score (nSPS) is 9.55. The number of hydrogen-bond donors (Lipinski definition) is 0. The predicted octanol–water partition coefficient (Wildman–Crippen LogP) is 2.51. The maximum absolute atomic E-state index is 4.36. The van der Waals surface area contributed by atoms with Crippen molar-refractivity contribution in [1.29, 1.82) is 0 Å². The van der Waals surface area contributed by atoms with Crippen molar-refractivity contribution < 1.29 is 0 Å². The first-order chi connectivity index (χ1) is 5.33. The molecule has 0 spiro atoms. The largest absolute Gasteiger partial charge is 0.258 e. The van der Waals surface area contributed by atoms with Crippen LogP contribution >= 0.6 is 0 Å². The van der Waals surface area contributed by atoms with E-state index >= 15 is 0 Å². The number of pyridine rings is 1. The van der Waals surface area contributed by atoms with Gasteiger partial charge in [0.1, 0.15) is 0 Å². The highest BCUT2D eigenvalue weighted by atomic mass is 14.7. The first kappa shape index (κ1) is 7.99. The fourth-order valence-corrected chi connectivity index (χ4v) is 0.989. The number of nitrogens with zero attached hydrogens (tertiary/aromatic N) is 1. The molecule has 0 aliphatic rings. The molecule has 0 radical (unpaired) electrons. The van der Waals surface area contributed by atoms with Crippen LogP contribution in [0.2, 0.25) is 0 Å². The van der Waals surface area contributed by atoms with Crippen molar-refractivity contribution in [2.24, 2.45) is 0 Å². The Morgan fingerprint density at radius 1 is 1.55 bits per heavy atom. The van der Waals surface area contributed by atoms with Gasteiger partial charge in [0.2, 0.25) is 0 Å². The molecule has 0 unspecified atom stereocenters. The summed E-state index contributed by atoms with van der Waals surface area (Å²) in [5, 5.41) is 0. The Morgan fingerprint density at radius 2 is 2.36 bits per heavy atom. The van der Waals surface area contributed by atoms with Gasteiger partial charge in [-0.3, -0.25) is 4.98 Å². The highest BCUT2D eigenvalue weighted by Gasteiger charge is 1.91. The summed E-state index contributed by atoms with van der Waals surface area (Å²) in [6.45, 7) is 5.68. The van der Waals surface area contributed by atoms with Crippen LogP contribution in [0, 0.1) is 6.92 Å². The topological polar surface area (TPSA) is 12.9 Å². The standard InChI is InChI=1S/C10H13N/c1-3-4-7-10-8-5-6-9(2)11-10/h3,5-6,8H,1,4,7H2,2H3. The van der Waals surface area contributed by atoms with Crippen LogP contribution in [0.3, 0.4) is 0 Å². The molecule has 11 heavy (non-hydrogen) atoms. The molecule has 0 fully saturated rings. The Labute approximate surface area is 67.8 Å². The van der Waals surface area contributed by atoms with Crippen LogP contribution in [0.5, 0.6) is 0 Å². The molecule has 0 saturated carbocycles. The van der Waals surface area contributed by atoms with Gasteiger partial charge >= 0.3 is 0 Å². The highest BCUT2D eigenvalue weighted by Crippen LogP contribution is 2.01. The van der Waals surface area contributed by atoms with Crippen LogP contribution in [0.25, 0.3) is 0 Å². The number of rotatable bonds is 3. The molecule has 1 nitrogen and oxygen atoms in total. The van der Waals surface area contributed by atoms with Crippen molar-refractivity contribution in [2.45, 2.75) is 19.8 Å². The lowest BCUT2D eigenvalue weighted by Gasteiger charge is -1.97. The molecule has 1 rings (SSSR count). The van der Waals surface area contributed by atoms with Gasteiger partial charge in [-0.25, -0.2) is 0 Å². The smallest absolute Gasteiger partial charge is 0.0409 e. The van der Waals surface area contributed by atoms with E-state index in [2.05, 4.69) is 17.6 Å². The Morgan fingerprint density at radius 3 is 3.00 bits per heavy atom. The number of aryl methyl sites for hydroxylation is 2. The van der Waals surface area contributed by atoms with Gasteiger partial charge in [-0.05, 0) is 31.9 Å². The minimum atomic E-state index is 1.01. The number of allylic oxidation sites excluding steroid dienone is 1. The second kappa shape index (κ2) is 3.91. The third-order valence-corrected chi connectivity index (χ3v) is 1.55. The number of hydrogen-bond acceptors (Lipinski definition) is 1. The van der Waals surface area contributed by atoms with Gasteiger partial charge in [0.25, 0.3) is 0 Å². The lowest BCUT2D eigenvalue weighted by atomic mass is 10.2. The highest BCUT2D eigenvalue weighted by molar-refractivity contribution is 5.10. The Kier molecular flexibility index (Phi) is 2.84. The van der Waals surface area contributed by atoms with Crippen molar-refractivity contribution in [3.63, 3.8) is 0 Å². The molecule has 1 heterocycles. The number of aromatic nitrogens is 1. The first-order valence-corrected chi connectivity index (χ1v) is 3.86. The molecule has 0 aromatic carbocycles. The first-order valence-electron chi connectivity index (χ1n) is 3.86. The molecule has 1 heteroatoms. The van der Waals surface area contributed by atoms with Crippen molar-refractivity contribution in [3.8, 4) is 0 Å². The Hall–Kier alpha value is -1.11. The van der Waals surface area contributed by atoms with Crippen LogP contribution in [0.1, 0.15) is 17.8 Å². The fourth-order valence-electron chi connectivity index (χ4n) is 0.989. The monoisotopic (exact) mass is 147 g/mol. The molecular weight excluding hydrogens is 134 g/mol. The average molecular weight is 147 g/mol. The summed E-state index contributed by atoms with van der Waals surface area (Å²) >= 11 is 0. The summed E-state index contributed by atoms with van der Waals surface area (Å²) in [6.07, 6.45) is 3.94. The average Bonchev–Trinajstić information content (AvgIpc) is 2.01. The van der Waals surface area contributed by atoms with E-state index in [4.69, 9.17) is 0 Å². The zero-order valence-electron chi connectivity index (χ0n) is 6.88. The summed E-state index contributed by atoms with van der Waals surface area (Å²) < 4.78 is 0. The van der Waals surface area contributed by atoms with Gasteiger partial charge in [-0.2, -0.15) is 0 Å².